The predicted octanol–water partition coefficient (Wildman–Crippen LogP) is 4.98. The normalized spacial score (nSPS) is 14.3. The lowest BCUT2D eigenvalue weighted by atomic mass is 10.0. The number of carbonyl (C=O) groups is 2. The van der Waals surface area contributed by atoms with Crippen molar-refractivity contribution in [2.75, 3.05) is 6.61 Å². The summed E-state index contributed by atoms with van der Waals surface area (Å²) >= 11 is 0. The fraction of sp³-hybridized carbons (Fsp3) is 0.700. The Morgan fingerprint density at radius 3 is 2.00 bits per heavy atom. The van der Waals surface area contributed by atoms with Gasteiger partial charge in [0.05, 0.1) is 6.61 Å². The maximum atomic E-state index is 12.0. The average Bonchev–Trinajstić information content (AvgIpc) is 2.50. The molecule has 0 aliphatic rings. The molecule has 0 aromatic rings. The summed E-state index contributed by atoms with van der Waals surface area (Å²) in [4.78, 5) is 23.9. The second kappa shape index (κ2) is 11.1. The van der Waals surface area contributed by atoms with Crippen molar-refractivity contribution in [3.8, 4) is 0 Å². The lowest BCUT2D eigenvalue weighted by Gasteiger charge is -2.19. The molecule has 0 rings (SSSR count). The van der Waals surface area contributed by atoms with Gasteiger partial charge in [0, 0.05) is 11.1 Å². The van der Waals surface area contributed by atoms with Crippen LogP contribution in [0.2, 0.25) is 0 Å². The first-order chi connectivity index (χ1) is 11.1. The molecule has 24 heavy (non-hydrogen) atoms. The highest BCUT2D eigenvalue weighted by Gasteiger charge is 2.17. The van der Waals surface area contributed by atoms with E-state index >= 15 is 0 Å². The van der Waals surface area contributed by atoms with E-state index in [0.29, 0.717) is 23.7 Å². The summed E-state index contributed by atoms with van der Waals surface area (Å²) in [5, 5.41) is 0. The zero-order valence-corrected chi connectivity index (χ0v) is 16.4. The molecule has 0 aliphatic heterocycles. The molecule has 0 radical (unpaired) electrons. The molecule has 0 bridgehead atoms. The zero-order valence-electron chi connectivity index (χ0n) is 16.4. The molecule has 1 atom stereocenters. The van der Waals surface area contributed by atoms with E-state index in [0.717, 1.165) is 25.7 Å². The molecule has 0 aliphatic carbocycles. The average molecular weight is 338 g/mol. The molecule has 0 fully saturated rings. The molecule has 0 saturated heterocycles. The molecule has 0 saturated carbocycles. The van der Waals surface area contributed by atoms with E-state index in [1.807, 2.05) is 20.8 Å². The van der Waals surface area contributed by atoms with E-state index in [9.17, 15) is 9.59 Å². The summed E-state index contributed by atoms with van der Waals surface area (Å²) in [6, 6.07) is 0. The first-order valence-corrected chi connectivity index (χ1v) is 8.86. The van der Waals surface area contributed by atoms with Crippen LogP contribution in [0.25, 0.3) is 0 Å². The summed E-state index contributed by atoms with van der Waals surface area (Å²) in [5.74, 6) is -0.301. The molecule has 4 heteroatoms. The van der Waals surface area contributed by atoms with Gasteiger partial charge in [-0.05, 0) is 47.0 Å². The highest BCUT2D eigenvalue weighted by Crippen LogP contribution is 2.14. The number of ether oxygens (including phenoxy) is 2. The van der Waals surface area contributed by atoms with E-state index in [1.54, 1.807) is 26.0 Å². The molecule has 0 spiro atoms. The Labute approximate surface area is 147 Å². The number of carbonyl (C=O) groups excluding carboxylic acids is 2. The van der Waals surface area contributed by atoms with Crippen LogP contribution in [-0.2, 0) is 19.1 Å². The Morgan fingerprint density at radius 2 is 1.54 bits per heavy atom. The van der Waals surface area contributed by atoms with Crippen LogP contribution < -0.4 is 0 Å². The number of unbranched alkanes of at least 4 members (excludes halogenated alkanes) is 1. The Bertz CT molecular complexity index is 467. The highest BCUT2D eigenvalue weighted by molar-refractivity contribution is 5.90. The number of rotatable bonds is 9. The minimum absolute atomic E-state index is 0.335. The van der Waals surface area contributed by atoms with Crippen molar-refractivity contribution in [3.05, 3.63) is 23.3 Å². The van der Waals surface area contributed by atoms with Crippen molar-refractivity contribution in [2.24, 2.45) is 5.92 Å². The summed E-state index contributed by atoms with van der Waals surface area (Å²) in [5.41, 5.74) is 0.395. The maximum absolute atomic E-state index is 12.0. The van der Waals surface area contributed by atoms with Gasteiger partial charge in [0.2, 0.25) is 0 Å². The van der Waals surface area contributed by atoms with Gasteiger partial charge in [0.1, 0.15) is 5.60 Å². The van der Waals surface area contributed by atoms with Crippen LogP contribution in [0.4, 0.5) is 0 Å². The van der Waals surface area contributed by atoms with Gasteiger partial charge >= 0.3 is 11.9 Å². The van der Waals surface area contributed by atoms with Gasteiger partial charge in [-0.15, -0.1) is 0 Å². The SMILES string of the molecule is CCCCC(CC)COC(=O)/C(C)=C/C=C(\C)C(=O)OC(C)(C)C. The molecule has 0 aromatic heterocycles. The number of esters is 2. The minimum Gasteiger partial charge on any atom is -0.462 e. The van der Waals surface area contributed by atoms with Crippen LogP contribution in [0, 0.1) is 5.92 Å². The lowest BCUT2D eigenvalue weighted by molar-refractivity contribution is -0.149. The van der Waals surface area contributed by atoms with Crippen LogP contribution in [-0.4, -0.2) is 24.1 Å². The van der Waals surface area contributed by atoms with Gasteiger partial charge in [-0.3, -0.25) is 0 Å². The van der Waals surface area contributed by atoms with Crippen LogP contribution in [0.5, 0.6) is 0 Å². The largest absolute Gasteiger partial charge is 0.462 e. The van der Waals surface area contributed by atoms with E-state index in [-0.39, 0.29) is 11.9 Å². The van der Waals surface area contributed by atoms with Gasteiger partial charge in [-0.2, -0.15) is 0 Å². The summed E-state index contributed by atoms with van der Waals surface area (Å²) in [6.45, 7) is 13.5. The van der Waals surface area contributed by atoms with E-state index in [4.69, 9.17) is 9.47 Å². The van der Waals surface area contributed by atoms with E-state index in [1.165, 1.54) is 0 Å². The molecule has 0 N–H and O–H groups in total. The Hall–Kier alpha value is -1.58. The standard InChI is InChI=1S/C20H34O4/c1-8-10-11-17(9-2)14-23-18(21)15(3)12-13-16(4)19(22)24-20(5,6)7/h12-13,17H,8-11,14H2,1-7H3/b15-12+,16-13+. The third kappa shape index (κ3) is 10.2. The number of allylic oxidation sites excluding steroid dienone is 2. The second-order valence-corrected chi connectivity index (χ2v) is 7.22. The Kier molecular flexibility index (Phi) is 10.3. The molecular weight excluding hydrogens is 304 g/mol. The third-order valence-electron chi connectivity index (χ3n) is 3.62. The molecule has 4 nitrogen and oxygen atoms in total. The predicted molar refractivity (Wildman–Crippen MR) is 97.6 cm³/mol. The second-order valence-electron chi connectivity index (χ2n) is 7.22. The quantitative estimate of drug-likeness (QED) is 0.338. The zero-order chi connectivity index (χ0) is 18.8. The minimum atomic E-state index is -0.530. The number of hydrogen-bond donors (Lipinski definition) is 0. The molecule has 0 heterocycles. The monoisotopic (exact) mass is 338 g/mol. The molecule has 0 aromatic carbocycles. The fourth-order valence-corrected chi connectivity index (χ4v) is 1.95. The molecule has 1 unspecified atom stereocenters. The smallest absolute Gasteiger partial charge is 0.334 e. The first-order valence-electron chi connectivity index (χ1n) is 8.86. The van der Waals surface area contributed by atoms with Gasteiger partial charge in [-0.25, -0.2) is 9.59 Å². The van der Waals surface area contributed by atoms with Crippen molar-refractivity contribution < 1.29 is 19.1 Å². The van der Waals surface area contributed by atoms with Crippen molar-refractivity contribution in [2.45, 2.75) is 79.8 Å². The molecule has 138 valence electrons. The summed E-state index contributed by atoms with van der Waals surface area (Å²) in [6.07, 6.45) is 7.60. The third-order valence-corrected chi connectivity index (χ3v) is 3.62. The van der Waals surface area contributed by atoms with Gasteiger partial charge < -0.3 is 9.47 Å². The van der Waals surface area contributed by atoms with Crippen LogP contribution in [0.15, 0.2) is 23.3 Å². The van der Waals surface area contributed by atoms with Gasteiger partial charge in [0.15, 0.2) is 0 Å². The topological polar surface area (TPSA) is 52.6 Å². The lowest BCUT2D eigenvalue weighted by Crippen LogP contribution is -2.24. The van der Waals surface area contributed by atoms with Crippen LogP contribution in [0.3, 0.4) is 0 Å². The number of hydrogen-bond acceptors (Lipinski definition) is 4. The van der Waals surface area contributed by atoms with E-state index in [2.05, 4.69) is 13.8 Å². The van der Waals surface area contributed by atoms with Crippen molar-refractivity contribution in [3.63, 3.8) is 0 Å². The Morgan fingerprint density at radius 1 is 1.00 bits per heavy atom. The van der Waals surface area contributed by atoms with Gasteiger partial charge in [0.25, 0.3) is 0 Å². The van der Waals surface area contributed by atoms with Crippen LogP contribution in [0.1, 0.15) is 74.1 Å². The first kappa shape index (κ1) is 22.4. The van der Waals surface area contributed by atoms with Crippen molar-refractivity contribution >= 4 is 11.9 Å². The summed E-state index contributed by atoms with van der Waals surface area (Å²) < 4.78 is 10.6. The van der Waals surface area contributed by atoms with Crippen LogP contribution >= 0.6 is 0 Å². The van der Waals surface area contributed by atoms with E-state index < -0.39 is 5.60 Å². The highest BCUT2D eigenvalue weighted by atomic mass is 16.6. The maximum Gasteiger partial charge on any atom is 0.334 e. The van der Waals surface area contributed by atoms with Crippen molar-refractivity contribution in [1.82, 2.24) is 0 Å². The Balaban J connectivity index is 4.57. The molecule has 0 amide bonds. The molecular formula is C20H34O4. The van der Waals surface area contributed by atoms with Gasteiger partial charge in [-0.1, -0.05) is 45.3 Å². The van der Waals surface area contributed by atoms with Crippen molar-refractivity contribution in [1.29, 1.82) is 0 Å². The summed E-state index contributed by atoms with van der Waals surface area (Å²) in [7, 11) is 0. The fourth-order valence-electron chi connectivity index (χ4n) is 1.95.